The minimum Gasteiger partial charge on any atom is -0.490 e. The van der Waals surface area contributed by atoms with Crippen molar-refractivity contribution in [3.8, 4) is 11.5 Å². The number of rotatable bonds is 10. The largest absolute Gasteiger partial charge is 0.490 e. The van der Waals surface area contributed by atoms with Gasteiger partial charge in [0.2, 0.25) is 5.75 Å². The van der Waals surface area contributed by atoms with Gasteiger partial charge in [-0.2, -0.15) is 0 Å². The molecule has 2 rings (SSSR count). The third-order valence-electron chi connectivity index (χ3n) is 5.68. The average molecular weight is 485 g/mol. The molecule has 8 heteroatoms. The van der Waals surface area contributed by atoms with E-state index in [1.54, 1.807) is 20.8 Å². The van der Waals surface area contributed by atoms with Crippen LogP contribution in [0.2, 0.25) is 0 Å². The zero-order chi connectivity index (χ0) is 26.3. The Morgan fingerprint density at radius 3 is 2.29 bits per heavy atom. The van der Waals surface area contributed by atoms with Crippen LogP contribution in [0.3, 0.4) is 0 Å². The van der Waals surface area contributed by atoms with Crippen molar-refractivity contribution in [2.24, 2.45) is 5.92 Å². The Balaban J connectivity index is 2.14. The van der Waals surface area contributed by atoms with Crippen molar-refractivity contribution in [1.29, 1.82) is 0 Å². The predicted molar refractivity (Wildman–Crippen MR) is 133 cm³/mol. The van der Waals surface area contributed by atoms with Crippen LogP contribution in [-0.4, -0.2) is 41.6 Å². The fourth-order valence-electron chi connectivity index (χ4n) is 3.48. The number of amides is 1. The highest BCUT2D eigenvalue weighted by Crippen LogP contribution is 2.31. The molecule has 0 bridgehead atoms. The van der Waals surface area contributed by atoms with E-state index in [2.05, 4.69) is 16.4 Å². The first-order valence-corrected chi connectivity index (χ1v) is 11.9. The lowest BCUT2D eigenvalue weighted by Crippen LogP contribution is -2.41. The molecule has 1 aromatic heterocycles. The monoisotopic (exact) mass is 484 g/mol. The second kappa shape index (κ2) is 12.3. The van der Waals surface area contributed by atoms with E-state index in [1.165, 1.54) is 24.8 Å². The molecule has 0 aliphatic carbocycles. The Kier molecular flexibility index (Phi) is 9.80. The Morgan fingerprint density at radius 1 is 1.00 bits per heavy atom. The van der Waals surface area contributed by atoms with Crippen molar-refractivity contribution in [2.75, 3.05) is 6.61 Å². The first kappa shape index (κ1) is 27.8. The van der Waals surface area contributed by atoms with Crippen molar-refractivity contribution < 1.29 is 28.6 Å². The zero-order valence-electron chi connectivity index (χ0n) is 21.8. The Labute approximate surface area is 207 Å². The van der Waals surface area contributed by atoms with Gasteiger partial charge >= 0.3 is 11.9 Å². The van der Waals surface area contributed by atoms with Gasteiger partial charge in [-0.25, -0.2) is 9.78 Å². The summed E-state index contributed by atoms with van der Waals surface area (Å²) in [6.07, 6.45) is 0.966. The van der Waals surface area contributed by atoms with E-state index in [4.69, 9.17) is 14.2 Å². The molecule has 2 aromatic rings. The topological polar surface area (TPSA) is 104 Å². The highest BCUT2D eigenvalue weighted by molar-refractivity contribution is 5.98. The van der Waals surface area contributed by atoms with E-state index < -0.39 is 35.9 Å². The number of hydrogen-bond donors (Lipinski definition) is 1. The van der Waals surface area contributed by atoms with Crippen molar-refractivity contribution in [1.82, 2.24) is 10.3 Å². The van der Waals surface area contributed by atoms with Crippen LogP contribution in [0.4, 0.5) is 0 Å². The van der Waals surface area contributed by atoms with Crippen LogP contribution >= 0.6 is 0 Å². The van der Waals surface area contributed by atoms with E-state index in [0.29, 0.717) is 6.61 Å². The molecule has 35 heavy (non-hydrogen) atoms. The van der Waals surface area contributed by atoms with E-state index >= 15 is 0 Å². The molecule has 0 aliphatic rings. The first-order valence-electron chi connectivity index (χ1n) is 11.9. The summed E-state index contributed by atoms with van der Waals surface area (Å²) in [5.41, 5.74) is 3.24. The third kappa shape index (κ3) is 7.28. The molecule has 0 fully saturated rings. The molecule has 0 saturated carbocycles. The maximum atomic E-state index is 13.0. The number of ether oxygens (including phenoxy) is 3. The number of carbonyl (C=O) groups excluding carboxylic acids is 3. The van der Waals surface area contributed by atoms with Crippen LogP contribution in [0, 0.1) is 19.8 Å². The van der Waals surface area contributed by atoms with Crippen LogP contribution in [-0.2, 0) is 14.3 Å². The van der Waals surface area contributed by atoms with Gasteiger partial charge in [-0.3, -0.25) is 9.59 Å². The second-order valence-electron chi connectivity index (χ2n) is 8.98. The normalized spacial score (nSPS) is 13.5. The maximum Gasteiger partial charge on any atom is 0.328 e. The maximum absolute atomic E-state index is 13.0. The van der Waals surface area contributed by atoms with Gasteiger partial charge in [0.05, 0.1) is 12.5 Å². The summed E-state index contributed by atoms with van der Waals surface area (Å²) in [6.45, 7) is 14.8. The van der Waals surface area contributed by atoms with Crippen molar-refractivity contribution in [3.05, 3.63) is 52.8 Å². The summed E-state index contributed by atoms with van der Waals surface area (Å²) in [5, 5.41) is 2.59. The summed E-state index contributed by atoms with van der Waals surface area (Å²) in [5.74, 6) is -2.11. The van der Waals surface area contributed by atoms with Gasteiger partial charge in [0.15, 0.2) is 11.4 Å². The van der Waals surface area contributed by atoms with Gasteiger partial charge < -0.3 is 19.5 Å². The minimum atomic E-state index is -0.956. The van der Waals surface area contributed by atoms with E-state index in [0.717, 1.165) is 11.1 Å². The third-order valence-corrected chi connectivity index (χ3v) is 5.68. The average Bonchev–Trinajstić information content (AvgIpc) is 2.79. The SMILES string of the molecule is CCOc1ccnc(C(=O)N[C@@H](C)C(=O)O[C@@H](C)[C@@H](C)c2ccc(C)cc2C)c1OC(=O)C(C)C. The number of aromatic nitrogens is 1. The van der Waals surface area contributed by atoms with E-state index in [-0.39, 0.29) is 23.1 Å². The molecule has 0 radical (unpaired) electrons. The lowest BCUT2D eigenvalue weighted by molar-refractivity contribution is -0.151. The molecule has 1 amide bonds. The predicted octanol–water partition coefficient (Wildman–Crippen LogP) is 4.51. The van der Waals surface area contributed by atoms with Gasteiger partial charge in [-0.1, -0.05) is 44.5 Å². The summed E-state index contributed by atoms with van der Waals surface area (Å²) < 4.78 is 16.6. The number of benzene rings is 1. The summed E-state index contributed by atoms with van der Waals surface area (Å²) >= 11 is 0. The van der Waals surface area contributed by atoms with Gasteiger partial charge in [0.1, 0.15) is 12.1 Å². The fourth-order valence-corrected chi connectivity index (χ4v) is 3.48. The van der Waals surface area contributed by atoms with Gasteiger partial charge in [0, 0.05) is 18.2 Å². The second-order valence-corrected chi connectivity index (χ2v) is 8.98. The number of aryl methyl sites for hydroxylation is 2. The molecule has 0 saturated heterocycles. The first-order chi connectivity index (χ1) is 16.5. The number of nitrogens with zero attached hydrogens (tertiary/aromatic N) is 1. The lowest BCUT2D eigenvalue weighted by Gasteiger charge is -2.24. The fraction of sp³-hybridized carbons (Fsp3) is 0.481. The van der Waals surface area contributed by atoms with Crippen molar-refractivity contribution >= 4 is 17.8 Å². The lowest BCUT2D eigenvalue weighted by atomic mass is 9.91. The molecule has 1 heterocycles. The van der Waals surface area contributed by atoms with Crippen LogP contribution < -0.4 is 14.8 Å². The number of hydrogen-bond acceptors (Lipinski definition) is 7. The highest BCUT2D eigenvalue weighted by atomic mass is 16.6. The molecule has 0 spiro atoms. The van der Waals surface area contributed by atoms with Gasteiger partial charge in [0.25, 0.3) is 5.91 Å². The Hall–Kier alpha value is -3.42. The molecule has 190 valence electrons. The quantitative estimate of drug-likeness (QED) is 0.495. The highest BCUT2D eigenvalue weighted by Gasteiger charge is 2.28. The van der Waals surface area contributed by atoms with Crippen LogP contribution in [0.15, 0.2) is 30.5 Å². The van der Waals surface area contributed by atoms with Crippen molar-refractivity contribution in [3.63, 3.8) is 0 Å². The van der Waals surface area contributed by atoms with Gasteiger partial charge in [-0.15, -0.1) is 0 Å². The van der Waals surface area contributed by atoms with Crippen LogP contribution in [0.25, 0.3) is 0 Å². The summed E-state index contributed by atoms with van der Waals surface area (Å²) in [6, 6.07) is 6.72. The molecule has 1 N–H and O–H groups in total. The number of esters is 2. The molecule has 3 atom stereocenters. The smallest absolute Gasteiger partial charge is 0.328 e. The standard InChI is InChI=1S/C27H36N2O6/c1-9-33-22-12-13-28-23(24(22)35-26(31)15(2)3)25(30)29-19(7)27(32)34-20(8)18(6)21-11-10-16(4)14-17(21)5/h10-15,18-20H,9H2,1-8H3,(H,29,30)/t18-,19+,20+/m1/s1. The summed E-state index contributed by atoms with van der Waals surface area (Å²) in [7, 11) is 0. The molecule has 0 aliphatic heterocycles. The zero-order valence-corrected chi connectivity index (χ0v) is 21.8. The molecule has 1 aromatic carbocycles. The number of carbonyl (C=O) groups is 3. The van der Waals surface area contributed by atoms with E-state index in [1.807, 2.05) is 39.8 Å². The van der Waals surface area contributed by atoms with Gasteiger partial charge in [-0.05, 0) is 45.7 Å². The molecular weight excluding hydrogens is 448 g/mol. The Morgan fingerprint density at radius 2 is 1.69 bits per heavy atom. The minimum absolute atomic E-state index is 0.0333. The number of pyridine rings is 1. The van der Waals surface area contributed by atoms with Crippen LogP contribution in [0.1, 0.15) is 74.6 Å². The van der Waals surface area contributed by atoms with Crippen molar-refractivity contribution in [2.45, 2.75) is 73.5 Å². The van der Waals surface area contributed by atoms with E-state index in [9.17, 15) is 14.4 Å². The number of nitrogens with one attached hydrogen (secondary N) is 1. The molecule has 8 nitrogen and oxygen atoms in total. The molecular formula is C27H36N2O6. The Bertz CT molecular complexity index is 1070. The van der Waals surface area contributed by atoms with Crippen LogP contribution in [0.5, 0.6) is 11.5 Å². The molecule has 0 unspecified atom stereocenters. The summed E-state index contributed by atoms with van der Waals surface area (Å²) in [4.78, 5) is 42.0.